The molecule has 0 fully saturated rings. The number of halogens is 1. The van der Waals surface area contributed by atoms with E-state index in [0.29, 0.717) is 32.9 Å². The highest BCUT2D eigenvalue weighted by Crippen LogP contribution is 2.40. The van der Waals surface area contributed by atoms with Crippen molar-refractivity contribution in [1.82, 2.24) is 0 Å². The lowest BCUT2D eigenvalue weighted by molar-refractivity contribution is -0.118. The molecule has 1 aliphatic rings. The summed E-state index contributed by atoms with van der Waals surface area (Å²) in [6.07, 6.45) is 2.73. The number of carbonyl (C=O) groups excluding carboxylic acids is 2. The zero-order valence-corrected chi connectivity index (χ0v) is 18.7. The summed E-state index contributed by atoms with van der Waals surface area (Å²) in [4.78, 5) is 26.9. The molecule has 31 heavy (non-hydrogen) atoms. The van der Waals surface area contributed by atoms with Gasteiger partial charge in [-0.25, -0.2) is 0 Å². The van der Waals surface area contributed by atoms with Crippen LogP contribution in [0.4, 0.5) is 10.7 Å². The summed E-state index contributed by atoms with van der Waals surface area (Å²) >= 11 is 7.69. The molecule has 3 aromatic rings. The van der Waals surface area contributed by atoms with E-state index in [1.165, 1.54) is 11.3 Å². The number of carbonyl (C=O) groups is 2. The molecule has 0 radical (unpaired) electrons. The first-order valence-electron chi connectivity index (χ1n) is 10.2. The minimum atomic E-state index is -0.303. The van der Waals surface area contributed by atoms with Gasteiger partial charge in [0.05, 0.1) is 16.3 Å². The fourth-order valence-corrected chi connectivity index (χ4v) is 5.26. The second-order valence-electron chi connectivity index (χ2n) is 7.64. The lowest BCUT2D eigenvalue weighted by Crippen LogP contribution is -2.22. The molecule has 0 bridgehead atoms. The molecule has 0 aliphatic heterocycles. The Morgan fingerprint density at radius 3 is 2.61 bits per heavy atom. The molecule has 0 unspecified atom stereocenters. The molecule has 1 atom stereocenters. The van der Waals surface area contributed by atoms with Gasteiger partial charge in [0.25, 0.3) is 11.8 Å². The minimum Gasteiger partial charge on any atom is -0.484 e. The summed E-state index contributed by atoms with van der Waals surface area (Å²) in [6, 6.07) is 16.3. The summed E-state index contributed by atoms with van der Waals surface area (Å²) in [5, 5.41) is 6.82. The Bertz CT molecular complexity index is 1100. The van der Waals surface area contributed by atoms with Crippen LogP contribution in [0, 0.1) is 5.92 Å². The lowest BCUT2D eigenvalue weighted by atomic mass is 9.88. The van der Waals surface area contributed by atoms with Crippen molar-refractivity contribution >= 4 is 45.4 Å². The Kier molecular flexibility index (Phi) is 6.59. The Labute approximate surface area is 190 Å². The van der Waals surface area contributed by atoms with Gasteiger partial charge >= 0.3 is 0 Å². The van der Waals surface area contributed by atoms with Gasteiger partial charge in [0, 0.05) is 4.88 Å². The SMILES string of the molecule is C[C@@H]1CCc2c(sc(NC(=O)COc3ccccc3)c2C(=O)Nc2ccccc2Cl)C1. The zero-order chi connectivity index (χ0) is 21.8. The van der Waals surface area contributed by atoms with E-state index in [4.69, 9.17) is 16.3 Å². The van der Waals surface area contributed by atoms with Gasteiger partial charge in [-0.3, -0.25) is 9.59 Å². The second kappa shape index (κ2) is 9.54. The third-order valence-corrected chi connectivity index (χ3v) is 6.73. The second-order valence-corrected chi connectivity index (χ2v) is 9.15. The lowest BCUT2D eigenvalue weighted by Gasteiger charge is -2.18. The van der Waals surface area contributed by atoms with Gasteiger partial charge < -0.3 is 15.4 Å². The van der Waals surface area contributed by atoms with E-state index in [-0.39, 0.29) is 18.4 Å². The molecule has 0 saturated carbocycles. The average molecular weight is 455 g/mol. The van der Waals surface area contributed by atoms with Crippen molar-refractivity contribution in [2.24, 2.45) is 5.92 Å². The fourth-order valence-electron chi connectivity index (χ4n) is 3.65. The van der Waals surface area contributed by atoms with Crippen molar-refractivity contribution in [3.63, 3.8) is 0 Å². The highest BCUT2D eigenvalue weighted by molar-refractivity contribution is 7.17. The van der Waals surface area contributed by atoms with Crippen LogP contribution in [0.1, 0.15) is 34.1 Å². The summed E-state index contributed by atoms with van der Waals surface area (Å²) in [7, 11) is 0. The van der Waals surface area contributed by atoms with Crippen LogP contribution in [-0.4, -0.2) is 18.4 Å². The molecule has 4 rings (SSSR count). The monoisotopic (exact) mass is 454 g/mol. The molecule has 2 aromatic carbocycles. The van der Waals surface area contributed by atoms with Crippen molar-refractivity contribution in [2.45, 2.75) is 26.2 Å². The highest BCUT2D eigenvalue weighted by Gasteiger charge is 2.28. The normalized spacial score (nSPS) is 15.1. The van der Waals surface area contributed by atoms with E-state index >= 15 is 0 Å². The smallest absolute Gasteiger partial charge is 0.262 e. The molecule has 0 saturated heterocycles. The number of benzene rings is 2. The molecular formula is C24H23ClN2O3S. The Morgan fingerprint density at radius 2 is 1.84 bits per heavy atom. The molecule has 2 amide bonds. The van der Waals surface area contributed by atoms with Gasteiger partial charge in [-0.15, -0.1) is 11.3 Å². The van der Waals surface area contributed by atoms with Crippen molar-refractivity contribution in [3.8, 4) is 5.75 Å². The number of amides is 2. The number of ether oxygens (including phenoxy) is 1. The van der Waals surface area contributed by atoms with E-state index in [1.54, 1.807) is 24.3 Å². The first-order chi connectivity index (χ1) is 15.0. The number of fused-ring (bicyclic) bond motifs is 1. The predicted molar refractivity (Wildman–Crippen MR) is 125 cm³/mol. The van der Waals surface area contributed by atoms with E-state index in [2.05, 4.69) is 17.6 Å². The van der Waals surface area contributed by atoms with Gasteiger partial charge in [-0.2, -0.15) is 0 Å². The zero-order valence-electron chi connectivity index (χ0n) is 17.1. The quantitative estimate of drug-likeness (QED) is 0.495. The van der Waals surface area contributed by atoms with Crippen molar-refractivity contribution in [3.05, 3.63) is 75.6 Å². The molecule has 1 heterocycles. The number of anilines is 2. The number of para-hydroxylation sites is 2. The summed E-state index contributed by atoms with van der Waals surface area (Å²) in [6.45, 7) is 2.08. The van der Waals surface area contributed by atoms with Crippen LogP contribution in [0.15, 0.2) is 54.6 Å². The van der Waals surface area contributed by atoms with Gasteiger partial charge in [0.2, 0.25) is 0 Å². The van der Waals surface area contributed by atoms with E-state index < -0.39 is 0 Å². The summed E-state index contributed by atoms with van der Waals surface area (Å²) in [5.74, 6) is 0.603. The predicted octanol–water partition coefficient (Wildman–Crippen LogP) is 5.80. The molecule has 1 aromatic heterocycles. The average Bonchev–Trinajstić information content (AvgIpc) is 3.11. The van der Waals surface area contributed by atoms with Crippen LogP contribution in [0.25, 0.3) is 0 Å². The van der Waals surface area contributed by atoms with Crippen LogP contribution in [-0.2, 0) is 17.6 Å². The Balaban J connectivity index is 1.56. The number of rotatable bonds is 6. The Morgan fingerprint density at radius 1 is 1.10 bits per heavy atom. The van der Waals surface area contributed by atoms with E-state index in [0.717, 1.165) is 29.7 Å². The molecule has 5 nitrogen and oxygen atoms in total. The van der Waals surface area contributed by atoms with Crippen LogP contribution in [0.2, 0.25) is 5.02 Å². The van der Waals surface area contributed by atoms with Crippen LogP contribution >= 0.6 is 22.9 Å². The fraction of sp³-hybridized carbons (Fsp3) is 0.250. The first kappa shape index (κ1) is 21.4. The standard InChI is InChI=1S/C24H23ClN2O3S/c1-15-11-12-17-20(13-15)31-24(27-21(28)14-30-16-7-3-2-4-8-16)22(17)23(29)26-19-10-6-5-9-18(19)25/h2-10,15H,11-14H2,1H3,(H,26,29)(H,27,28)/t15-/m1/s1. The third kappa shape index (κ3) is 5.09. The number of nitrogens with one attached hydrogen (secondary N) is 2. The molecule has 0 spiro atoms. The van der Waals surface area contributed by atoms with Crippen molar-refractivity contribution in [2.75, 3.05) is 17.2 Å². The molecule has 1 aliphatic carbocycles. The van der Waals surface area contributed by atoms with Gasteiger partial charge in [-0.05, 0) is 55.0 Å². The number of hydrogen-bond donors (Lipinski definition) is 2. The molecule has 160 valence electrons. The van der Waals surface area contributed by atoms with Crippen molar-refractivity contribution < 1.29 is 14.3 Å². The maximum Gasteiger partial charge on any atom is 0.262 e. The molecule has 7 heteroatoms. The maximum absolute atomic E-state index is 13.2. The number of hydrogen-bond acceptors (Lipinski definition) is 4. The summed E-state index contributed by atoms with van der Waals surface area (Å²) < 4.78 is 5.55. The van der Waals surface area contributed by atoms with Gasteiger partial charge in [-0.1, -0.05) is 48.9 Å². The van der Waals surface area contributed by atoms with E-state index in [9.17, 15) is 9.59 Å². The molecule has 2 N–H and O–H groups in total. The first-order valence-corrected chi connectivity index (χ1v) is 11.4. The summed E-state index contributed by atoms with van der Waals surface area (Å²) in [5.41, 5.74) is 2.09. The minimum absolute atomic E-state index is 0.130. The van der Waals surface area contributed by atoms with Crippen LogP contribution in [0.3, 0.4) is 0 Å². The van der Waals surface area contributed by atoms with Crippen LogP contribution < -0.4 is 15.4 Å². The number of thiophene rings is 1. The van der Waals surface area contributed by atoms with Crippen molar-refractivity contribution in [1.29, 1.82) is 0 Å². The molecular weight excluding hydrogens is 432 g/mol. The van der Waals surface area contributed by atoms with Gasteiger partial charge in [0.1, 0.15) is 10.8 Å². The largest absolute Gasteiger partial charge is 0.484 e. The third-order valence-electron chi connectivity index (χ3n) is 5.23. The Hall–Kier alpha value is -2.83. The van der Waals surface area contributed by atoms with E-state index in [1.807, 2.05) is 30.3 Å². The highest BCUT2D eigenvalue weighted by atomic mass is 35.5. The van der Waals surface area contributed by atoms with Gasteiger partial charge in [0.15, 0.2) is 6.61 Å². The van der Waals surface area contributed by atoms with Crippen LogP contribution in [0.5, 0.6) is 5.75 Å². The topological polar surface area (TPSA) is 67.4 Å². The maximum atomic E-state index is 13.2.